The van der Waals surface area contributed by atoms with Gasteiger partial charge in [-0.1, -0.05) is 44.8 Å². The number of nitrogens with zero attached hydrogens (tertiary/aromatic N) is 2. The van der Waals surface area contributed by atoms with Crippen LogP contribution in [0.15, 0.2) is 39.5 Å². The average Bonchev–Trinajstić information content (AvgIpc) is 2.73. The van der Waals surface area contributed by atoms with Crippen molar-refractivity contribution < 1.29 is 0 Å². The van der Waals surface area contributed by atoms with Crippen LogP contribution in [0.4, 0.5) is 0 Å². The van der Waals surface area contributed by atoms with Gasteiger partial charge in [-0.3, -0.25) is 4.68 Å². The Hall–Kier alpha value is -0.650. The molecular formula is C13H15Br2N3. The van der Waals surface area contributed by atoms with Gasteiger partial charge in [0, 0.05) is 27.8 Å². The number of nitrogens with one attached hydrogen (secondary N) is 1. The molecule has 1 aromatic heterocycles. The van der Waals surface area contributed by atoms with Crippen LogP contribution >= 0.6 is 31.9 Å². The molecule has 0 radical (unpaired) electrons. The normalized spacial score (nSPS) is 12.7. The second kappa shape index (κ2) is 5.99. The fourth-order valence-corrected chi connectivity index (χ4v) is 3.21. The Balaban J connectivity index is 2.41. The van der Waals surface area contributed by atoms with Gasteiger partial charge in [0.15, 0.2) is 0 Å². The summed E-state index contributed by atoms with van der Waals surface area (Å²) in [6.45, 7) is 3.01. The zero-order chi connectivity index (χ0) is 13.1. The number of rotatable bonds is 4. The lowest BCUT2D eigenvalue weighted by molar-refractivity contribution is 0.627. The Kier molecular flexibility index (Phi) is 4.59. The van der Waals surface area contributed by atoms with Gasteiger partial charge in [-0.05, 0) is 24.2 Å². The van der Waals surface area contributed by atoms with Gasteiger partial charge in [-0.15, -0.1) is 0 Å². The third-order valence-corrected chi connectivity index (χ3v) is 3.92. The topological polar surface area (TPSA) is 29.9 Å². The highest BCUT2D eigenvalue weighted by Crippen LogP contribution is 2.30. The Bertz CT molecular complexity index is 537. The first-order chi connectivity index (χ1) is 8.61. The average molecular weight is 373 g/mol. The number of halogens is 2. The van der Waals surface area contributed by atoms with E-state index >= 15 is 0 Å². The standard InChI is InChI=1S/C13H15Br2N3/c1-3-16-13(9-7-17-18(2)8-9)11-5-4-10(14)6-12(11)15/h4-8,13,16H,3H2,1-2H3. The lowest BCUT2D eigenvalue weighted by atomic mass is 10.0. The van der Waals surface area contributed by atoms with E-state index in [1.807, 2.05) is 24.1 Å². The second-order valence-electron chi connectivity index (χ2n) is 4.10. The summed E-state index contributed by atoms with van der Waals surface area (Å²) in [5.74, 6) is 0. The third kappa shape index (κ3) is 3.02. The molecule has 5 heteroatoms. The Morgan fingerprint density at radius 3 is 2.72 bits per heavy atom. The van der Waals surface area contributed by atoms with Crippen LogP contribution in [-0.4, -0.2) is 16.3 Å². The summed E-state index contributed by atoms with van der Waals surface area (Å²) in [5.41, 5.74) is 2.38. The predicted molar refractivity (Wildman–Crippen MR) is 80.6 cm³/mol. The number of aromatic nitrogens is 2. The van der Waals surface area contributed by atoms with Gasteiger partial charge in [-0.2, -0.15) is 5.10 Å². The zero-order valence-corrected chi connectivity index (χ0v) is 13.5. The van der Waals surface area contributed by atoms with Crippen molar-refractivity contribution >= 4 is 31.9 Å². The highest BCUT2D eigenvalue weighted by atomic mass is 79.9. The first-order valence-corrected chi connectivity index (χ1v) is 7.37. The largest absolute Gasteiger partial charge is 0.306 e. The van der Waals surface area contributed by atoms with E-state index < -0.39 is 0 Å². The van der Waals surface area contributed by atoms with Crippen molar-refractivity contribution in [3.05, 3.63) is 50.7 Å². The van der Waals surface area contributed by atoms with Crippen molar-refractivity contribution in [2.24, 2.45) is 7.05 Å². The smallest absolute Gasteiger partial charge is 0.0618 e. The van der Waals surface area contributed by atoms with E-state index in [0.29, 0.717) is 0 Å². The number of aryl methyl sites for hydroxylation is 1. The van der Waals surface area contributed by atoms with Crippen molar-refractivity contribution in [1.82, 2.24) is 15.1 Å². The molecule has 1 heterocycles. The lowest BCUT2D eigenvalue weighted by Crippen LogP contribution is -2.22. The van der Waals surface area contributed by atoms with E-state index in [1.165, 1.54) is 11.1 Å². The quantitative estimate of drug-likeness (QED) is 0.887. The molecule has 0 bridgehead atoms. The fraction of sp³-hybridized carbons (Fsp3) is 0.308. The summed E-state index contributed by atoms with van der Waals surface area (Å²) in [5, 5.41) is 7.73. The summed E-state index contributed by atoms with van der Waals surface area (Å²) in [6, 6.07) is 6.40. The van der Waals surface area contributed by atoms with E-state index in [4.69, 9.17) is 0 Å². The van der Waals surface area contributed by atoms with Crippen LogP contribution in [0.25, 0.3) is 0 Å². The van der Waals surface area contributed by atoms with E-state index in [0.717, 1.165) is 15.5 Å². The monoisotopic (exact) mass is 371 g/mol. The summed E-state index contributed by atoms with van der Waals surface area (Å²) in [7, 11) is 1.93. The molecule has 3 nitrogen and oxygen atoms in total. The van der Waals surface area contributed by atoms with Crippen LogP contribution < -0.4 is 5.32 Å². The van der Waals surface area contributed by atoms with Crippen LogP contribution in [-0.2, 0) is 7.05 Å². The van der Waals surface area contributed by atoms with E-state index in [-0.39, 0.29) is 6.04 Å². The maximum absolute atomic E-state index is 4.24. The molecule has 0 aliphatic rings. The van der Waals surface area contributed by atoms with Gasteiger partial charge >= 0.3 is 0 Å². The molecule has 1 N–H and O–H groups in total. The number of hydrogen-bond donors (Lipinski definition) is 1. The molecular weight excluding hydrogens is 358 g/mol. The molecule has 0 aliphatic carbocycles. The summed E-state index contributed by atoms with van der Waals surface area (Å²) in [4.78, 5) is 0. The molecule has 18 heavy (non-hydrogen) atoms. The van der Waals surface area contributed by atoms with Crippen molar-refractivity contribution in [1.29, 1.82) is 0 Å². The lowest BCUT2D eigenvalue weighted by Gasteiger charge is -2.18. The zero-order valence-electron chi connectivity index (χ0n) is 10.3. The minimum Gasteiger partial charge on any atom is -0.306 e. The minimum absolute atomic E-state index is 0.158. The molecule has 0 fully saturated rings. The molecule has 1 unspecified atom stereocenters. The maximum atomic E-state index is 4.24. The highest BCUT2D eigenvalue weighted by Gasteiger charge is 2.17. The van der Waals surface area contributed by atoms with Gasteiger partial charge < -0.3 is 5.32 Å². The van der Waals surface area contributed by atoms with E-state index in [2.05, 4.69) is 67.4 Å². The van der Waals surface area contributed by atoms with Crippen molar-refractivity contribution in [3.8, 4) is 0 Å². The Morgan fingerprint density at radius 2 is 2.17 bits per heavy atom. The fourth-order valence-electron chi connectivity index (χ4n) is 1.94. The van der Waals surface area contributed by atoms with Crippen LogP contribution in [0, 0.1) is 0 Å². The predicted octanol–water partition coefficient (Wildman–Crippen LogP) is 3.64. The summed E-state index contributed by atoms with van der Waals surface area (Å²) < 4.78 is 3.98. The highest BCUT2D eigenvalue weighted by molar-refractivity contribution is 9.11. The van der Waals surface area contributed by atoms with Crippen LogP contribution in [0.3, 0.4) is 0 Å². The molecule has 1 atom stereocenters. The summed E-state index contributed by atoms with van der Waals surface area (Å²) in [6.07, 6.45) is 3.95. The van der Waals surface area contributed by atoms with Gasteiger partial charge in [0.2, 0.25) is 0 Å². The first kappa shape index (κ1) is 13.8. The van der Waals surface area contributed by atoms with Crippen LogP contribution in [0.1, 0.15) is 24.1 Å². The molecule has 0 aliphatic heterocycles. The third-order valence-electron chi connectivity index (χ3n) is 2.74. The van der Waals surface area contributed by atoms with Gasteiger partial charge in [0.05, 0.1) is 12.2 Å². The molecule has 96 valence electrons. The van der Waals surface area contributed by atoms with E-state index in [9.17, 15) is 0 Å². The number of benzene rings is 1. The summed E-state index contributed by atoms with van der Waals surface area (Å²) >= 11 is 7.10. The maximum Gasteiger partial charge on any atom is 0.0618 e. The first-order valence-electron chi connectivity index (χ1n) is 5.78. The molecule has 1 aromatic carbocycles. The number of hydrogen-bond acceptors (Lipinski definition) is 2. The molecule has 2 aromatic rings. The van der Waals surface area contributed by atoms with Crippen molar-refractivity contribution in [2.45, 2.75) is 13.0 Å². The van der Waals surface area contributed by atoms with Crippen molar-refractivity contribution in [2.75, 3.05) is 6.54 Å². The molecule has 2 rings (SSSR count). The second-order valence-corrected chi connectivity index (χ2v) is 5.87. The molecule has 0 saturated carbocycles. The molecule has 0 amide bonds. The molecule has 0 saturated heterocycles. The van der Waals surface area contributed by atoms with Gasteiger partial charge in [-0.25, -0.2) is 0 Å². The van der Waals surface area contributed by atoms with Gasteiger partial charge in [0.25, 0.3) is 0 Å². The minimum atomic E-state index is 0.158. The SMILES string of the molecule is CCNC(c1cnn(C)c1)c1ccc(Br)cc1Br. The Morgan fingerprint density at radius 1 is 1.39 bits per heavy atom. The van der Waals surface area contributed by atoms with Crippen LogP contribution in [0.5, 0.6) is 0 Å². The van der Waals surface area contributed by atoms with Gasteiger partial charge in [0.1, 0.15) is 0 Å². The Labute approximate surface area is 124 Å². The van der Waals surface area contributed by atoms with E-state index in [1.54, 1.807) is 0 Å². The van der Waals surface area contributed by atoms with Crippen molar-refractivity contribution in [3.63, 3.8) is 0 Å². The molecule has 0 spiro atoms. The van der Waals surface area contributed by atoms with Crippen LogP contribution in [0.2, 0.25) is 0 Å².